The molecule has 0 aromatic heterocycles. The fraction of sp³-hybridized carbons (Fsp3) is 0. The van der Waals surface area contributed by atoms with E-state index in [9.17, 15) is 0 Å². The van der Waals surface area contributed by atoms with E-state index >= 15 is 0 Å². The Balaban J connectivity index is 1.06. The maximum atomic E-state index is 2.54. The summed E-state index contributed by atoms with van der Waals surface area (Å²) in [6.07, 6.45) is 0. The molecule has 0 heterocycles. The lowest BCUT2D eigenvalue weighted by Gasteiger charge is -2.27. The van der Waals surface area contributed by atoms with Crippen molar-refractivity contribution in [3.63, 3.8) is 0 Å². The van der Waals surface area contributed by atoms with Crippen LogP contribution < -0.4 is 0 Å². The van der Waals surface area contributed by atoms with Gasteiger partial charge in [0.1, 0.15) is 0 Å². The molecule has 0 saturated carbocycles. The van der Waals surface area contributed by atoms with Gasteiger partial charge in [0.05, 0.1) is 0 Å². The fourth-order valence-corrected chi connectivity index (χ4v) is 13.7. The summed E-state index contributed by atoms with van der Waals surface area (Å²) in [6, 6.07) is 110. The van der Waals surface area contributed by atoms with Crippen LogP contribution in [0.2, 0.25) is 0 Å². The second kappa shape index (κ2) is 17.6. The van der Waals surface area contributed by atoms with Crippen LogP contribution in [0.3, 0.4) is 0 Å². The summed E-state index contributed by atoms with van der Waals surface area (Å²) >= 11 is 0. The van der Waals surface area contributed by atoms with Crippen LogP contribution >= 0.6 is 0 Å². The Kier molecular flexibility index (Phi) is 9.81. The molecule has 0 fully saturated rings. The largest absolute Gasteiger partial charge is 0.0622 e. The smallest absolute Gasteiger partial charge is 0.000762 e. The summed E-state index contributed by atoms with van der Waals surface area (Å²) in [7, 11) is 0. The highest BCUT2D eigenvalue weighted by molar-refractivity contribution is 6.28. The summed E-state index contributed by atoms with van der Waals surface area (Å²) < 4.78 is 0. The standard InChI is InChI=1S/C80H48/c1-3-16-49(17-4-1)66-28-11-12-29-67(66)75-48-74(50-18-5-2-6-19-50)78(68-30-15-27-59-41-62-44-63-42-60-39-55-21-7-8-22-56(55)40-61(60)43-64(63)45-65(62)47-73(59)68)80(79(75)69-31-14-26-58-38-54-20-9-10-23-57(54)46-72(58)69)71-37-35-53-33-32-51-24-13-25-52-34-36-70(71)77(53)76(51)52/h1-48H. The lowest BCUT2D eigenvalue weighted by Crippen LogP contribution is -2.00. The minimum Gasteiger partial charge on any atom is -0.0622 e. The number of hydrogen-bond donors (Lipinski definition) is 0. The van der Waals surface area contributed by atoms with Crippen molar-refractivity contribution >= 4 is 108 Å². The molecular weight excluding hydrogens is 961 g/mol. The van der Waals surface area contributed by atoms with Crippen LogP contribution in [0.1, 0.15) is 0 Å². The SMILES string of the molecule is c1ccc(-c2ccccc2-c2cc(-c3ccccc3)c(-c3cccc4cc5cc6cc7cc8ccccc8cc7cc6cc5cc34)c(-c3ccc4ccc5cccc6ccc3c4c56)c2-c2cccc3cc4ccccc4cc23)cc1. The molecule has 0 spiro atoms. The monoisotopic (exact) mass is 1010 g/mol. The molecule has 368 valence electrons. The van der Waals surface area contributed by atoms with Crippen LogP contribution in [0.4, 0.5) is 0 Å². The molecule has 17 rings (SSSR count). The third-order valence-corrected chi connectivity index (χ3v) is 17.4. The zero-order chi connectivity index (χ0) is 52.4. The van der Waals surface area contributed by atoms with E-state index < -0.39 is 0 Å². The van der Waals surface area contributed by atoms with Crippen molar-refractivity contribution < 1.29 is 0 Å². The fourth-order valence-electron chi connectivity index (χ4n) is 13.7. The van der Waals surface area contributed by atoms with Crippen molar-refractivity contribution in [1.82, 2.24) is 0 Å². The Morgan fingerprint density at radius 3 is 1.07 bits per heavy atom. The third-order valence-electron chi connectivity index (χ3n) is 17.4. The van der Waals surface area contributed by atoms with Gasteiger partial charge in [-0.15, -0.1) is 0 Å². The lowest BCUT2D eigenvalue weighted by molar-refractivity contribution is 1.55. The number of rotatable bonds is 6. The Morgan fingerprint density at radius 2 is 0.487 bits per heavy atom. The highest BCUT2D eigenvalue weighted by Gasteiger charge is 2.29. The molecule has 0 aliphatic heterocycles. The van der Waals surface area contributed by atoms with Gasteiger partial charge in [-0.05, 0) is 241 Å². The summed E-state index contributed by atoms with van der Waals surface area (Å²) in [5.74, 6) is 0. The van der Waals surface area contributed by atoms with Gasteiger partial charge in [-0.25, -0.2) is 0 Å². The average molecular weight is 1010 g/mol. The Morgan fingerprint density at radius 1 is 0.138 bits per heavy atom. The first-order valence-corrected chi connectivity index (χ1v) is 27.9. The van der Waals surface area contributed by atoms with Gasteiger partial charge in [0.15, 0.2) is 0 Å². The van der Waals surface area contributed by atoms with Crippen LogP contribution in [0.5, 0.6) is 0 Å². The van der Waals surface area contributed by atoms with Crippen LogP contribution in [0.15, 0.2) is 291 Å². The van der Waals surface area contributed by atoms with Crippen LogP contribution in [-0.4, -0.2) is 0 Å². The van der Waals surface area contributed by atoms with Gasteiger partial charge in [-0.3, -0.25) is 0 Å². The quantitative estimate of drug-likeness (QED) is 0.115. The molecule has 0 heteroatoms. The van der Waals surface area contributed by atoms with Crippen molar-refractivity contribution in [2.75, 3.05) is 0 Å². The molecule has 0 unspecified atom stereocenters. The zero-order valence-electron chi connectivity index (χ0n) is 43.7. The average Bonchev–Trinajstić information content (AvgIpc) is 3.43. The maximum absolute atomic E-state index is 2.54. The summed E-state index contributed by atoms with van der Waals surface area (Å²) in [6.45, 7) is 0. The van der Waals surface area contributed by atoms with E-state index in [1.165, 1.54) is 174 Å². The Labute approximate surface area is 463 Å². The molecule has 0 aliphatic carbocycles. The Bertz CT molecular complexity index is 5380. The van der Waals surface area contributed by atoms with Crippen molar-refractivity contribution in [3.8, 4) is 66.8 Å². The van der Waals surface area contributed by atoms with E-state index in [-0.39, 0.29) is 0 Å². The van der Waals surface area contributed by atoms with E-state index in [4.69, 9.17) is 0 Å². The van der Waals surface area contributed by atoms with E-state index in [2.05, 4.69) is 291 Å². The first-order chi connectivity index (χ1) is 39.6. The predicted molar refractivity (Wildman–Crippen MR) is 345 cm³/mol. The normalized spacial score (nSPS) is 12.0. The minimum absolute atomic E-state index is 1.17. The molecule has 0 amide bonds. The minimum atomic E-state index is 1.17. The Hall–Kier alpha value is -10.4. The van der Waals surface area contributed by atoms with Gasteiger partial charge in [0, 0.05) is 0 Å². The van der Waals surface area contributed by atoms with Gasteiger partial charge in [0.25, 0.3) is 0 Å². The molecule has 17 aromatic rings. The molecule has 0 nitrogen and oxygen atoms in total. The predicted octanol–water partition coefficient (Wildman–Crippen LogP) is 22.7. The molecule has 0 bridgehead atoms. The second-order valence-corrected chi connectivity index (χ2v) is 21.9. The van der Waals surface area contributed by atoms with Crippen molar-refractivity contribution in [2.24, 2.45) is 0 Å². The number of benzene rings is 17. The van der Waals surface area contributed by atoms with Gasteiger partial charge < -0.3 is 0 Å². The first kappa shape index (κ1) is 44.7. The first-order valence-electron chi connectivity index (χ1n) is 27.9. The molecule has 17 aromatic carbocycles. The van der Waals surface area contributed by atoms with E-state index in [1.54, 1.807) is 0 Å². The summed E-state index contributed by atoms with van der Waals surface area (Å²) in [4.78, 5) is 0. The highest BCUT2D eigenvalue weighted by Crippen LogP contribution is 2.56. The van der Waals surface area contributed by atoms with Gasteiger partial charge >= 0.3 is 0 Å². The van der Waals surface area contributed by atoms with Gasteiger partial charge in [0.2, 0.25) is 0 Å². The summed E-state index contributed by atoms with van der Waals surface area (Å²) in [5, 5.41) is 24.9. The third kappa shape index (κ3) is 6.96. The molecule has 0 saturated heterocycles. The number of hydrogen-bond acceptors (Lipinski definition) is 0. The van der Waals surface area contributed by atoms with Crippen LogP contribution in [0, 0.1) is 0 Å². The molecule has 80 heavy (non-hydrogen) atoms. The summed E-state index contributed by atoms with van der Waals surface area (Å²) in [5.41, 5.74) is 14.3. The highest BCUT2D eigenvalue weighted by atomic mass is 14.3. The van der Waals surface area contributed by atoms with Crippen molar-refractivity contribution in [1.29, 1.82) is 0 Å². The van der Waals surface area contributed by atoms with E-state index in [0.29, 0.717) is 0 Å². The van der Waals surface area contributed by atoms with Crippen molar-refractivity contribution in [3.05, 3.63) is 291 Å². The van der Waals surface area contributed by atoms with Crippen LogP contribution in [-0.2, 0) is 0 Å². The second-order valence-electron chi connectivity index (χ2n) is 21.9. The van der Waals surface area contributed by atoms with Gasteiger partial charge in [-0.2, -0.15) is 0 Å². The lowest BCUT2D eigenvalue weighted by atomic mass is 9.75. The zero-order valence-corrected chi connectivity index (χ0v) is 43.7. The van der Waals surface area contributed by atoms with Crippen LogP contribution in [0.25, 0.3) is 174 Å². The van der Waals surface area contributed by atoms with Gasteiger partial charge in [-0.1, -0.05) is 224 Å². The van der Waals surface area contributed by atoms with E-state index in [0.717, 1.165) is 0 Å². The van der Waals surface area contributed by atoms with Crippen molar-refractivity contribution in [2.45, 2.75) is 0 Å². The molecule has 0 N–H and O–H groups in total. The molecule has 0 radical (unpaired) electrons. The maximum Gasteiger partial charge on any atom is -0.000762 e. The molecular formula is C80H48. The number of fused-ring (bicyclic) bond motifs is 7. The molecule has 0 aliphatic rings. The van der Waals surface area contributed by atoms with E-state index in [1.807, 2.05) is 0 Å². The molecule has 0 atom stereocenters. The topological polar surface area (TPSA) is 0 Å².